The van der Waals surface area contributed by atoms with Gasteiger partial charge in [-0.1, -0.05) is 17.7 Å². The predicted molar refractivity (Wildman–Crippen MR) is 75.3 cm³/mol. The minimum atomic E-state index is 0.678. The number of nitrogens with one attached hydrogen (secondary N) is 1. The molecular weight excluding hydrogens is 248 g/mol. The molecule has 0 spiro atoms. The molecule has 0 aliphatic carbocycles. The van der Waals surface area contributed by atoms with Crippen molar-refractivity contribution in [2.45, 2.75) is 13.0 Å². The van der Waals surface area contributed by atoms with Crippen LogP contribution in [-0.2, 0) is 6.54 Å². The van der Waals surface area contributed by atoms with Gasteiger partial charge in [-0.05, 0) is 50.2 Å². The summed E-state index contributed by atoms with van der Waals surface area (Å²) < 4.78 is 5.14. The number of hydrogen-bond donors (Lipinski definition) is 1. The zero-order chi connectivity index (χ0) is 13.0. The van der Waals surface area contributed by atoms with E-state index in [4.69, 9.17) is 16.3 Å². The van der Waals surface area contributed by atoms with Gasteiger partial charge in [-0.3, -0.25) is 0 Å². The predicted octanol–water partition coefficient (Wildman–Crippen LogP) is 2.39. The second-order valence-corrected chi connectivity index (χ2v) is 5.42. The molecule has 1 fully saturated rings. The average molecular weight is 269 g/mol. The Morgan fingerprint density at radius 3 is 2.94 bits per heavy atom. The monoisotopic (exact) mass is 268 g/mol. The summed E-state index contributed by atoms with van der Waals surface area (Å²) in [6.07, 6.45) is 1.30. The van der Waals surface area contributed by atoms with E-state index >= 15 is 0 Å². The first-order chi connectivity index (χ1) is 8.69. The van der Waals surface area contributed by atoms with E-state index in [1.54, 1.807) is 7.11 Å². The lowest BCUT2D eigenvalue weighted by atomic mass is 10.1. The first-order valence-electron chi connectivity index (χ1n) is 6.40. The fraction of sp³-hybridized carbons (Fsp3) is 0.571. The standard InChI is InChI=1S/C14H21ClN2O/c1-17-6-5-12(10-17)9-16-8-11-3-4-14(18-2)13(15)7-11/h3-4,7,12,16H,5-6,8-10H2,1-2H3. The van der Waals surface area contributed by atoms with E-state index < -0.39 is 0 Å². The fourth-order valence-corrected chi connectivity index (χ4v) is 2.71. The molecule has 0 radical (unpaired) electrons. The van der Waals surface area contributed by atoms with E-state index in [0.29, 0.717) is 5.02 Å². The van der Waals surface area contributed by atoms with Gasteiger partial charge in [-0.15, -0.1) is 0 Å². The van der Waals surface area contributed by atoms with Crippen molar-refractivity contribution in [2.75, 3.05) is 33.8 Å². The first-order valence-corrected chi connectivity index (χ1v) is 6.78. The highest BCUT2D eigenvalue weighted by Crippen LogP contribution is 2.24. The molecule has 1 N–H and O–H groups in total. The first kappa shape index (κ1) is 13.7. The third-order valence-electron chi connectivity index (χ3n) is 3.47. The van der Waals surface area contributed by atoms with E-state index in [1.165, 1.54) is 25.1 Å². The lowest BCUT2D eigenvalue weighted by Gasteiger charge is -2.12. The normalized spacial score (nSPS) is 20.3. The molecule has 100 valence electrons. The Kier molecular flexibility index (Phi) is 4.87. The molecular formula is C14H21ClN2O. The Labute approximate surface area is 114 Å². The smallest absolute Gasteiger partial charge is 0.137 e. The molecule has 1 atom stereocenters. The molecule has 4 heteroatoms. The van der Waals surface area contributed by atoms with Crippen LogP contribution in [0.2, 0.25) is 5.02 Å². The Bertz CT molecular complexity index is 397. The van der Waals surface area contributed by atoms with E-state index in [-0.39, 0.29) is 0 Å². The van der Waals surface area contributed by atoms with Crippen molar-refractivity contribution in [1.82, 2.24) is 10.2 Å². The third-order valence-corrected chi connectivity index (χ3v) is 3.76. The summed E-state index contributed by atoms with van der Waals surface area (Å²) in [6, 6.07) is 5.94. The summed E-state index contributed by atoms with van der Waals surface area (Å²) >= 11 is 6.10. The number of nitrogens with zero attached hydrogens (tertiary/aromatic N) is 1. The van der Waals surface area contributed by atoms with Gasteiger partial charge in [-0.25, -0.2) is 0 Å². The van der Waals surface area contributed by atoms with Crippen LogP contribution in [0.15, 0.2) is 18.2 Å². The molecule has 1 unspecified atom stereocenters. The number of likely N-dealkylation sites (tertiary alicyclic amines) is 1. The number of benzene rings is 1. The summed E-state index contributed by atoms with van der Waals surface area (Å²) in [5.41, 5.74) is 1.20. The lowest BCUT2D eigenvalue weighted by molar-refractivity contribution is 0.388. The van der Waals surface area contributed by atoms with Gasteiger partial charge in [0.05, 0.1) is 12.1 Å². The largest absolute Gasteiger partial charge is 0.495 e. The van der Waals surface area contributed by atoms with Crippen LogP contribution in [0.3, 0.4) is 0 Å². The van der Waals surface area contributed by atoms with Gasteiger partial charge >= 0.3 is 0 Å². The number of methoxy groups -OCH3 is 1. The highest BCUT2D eigenvalue weighted by atomic mass is 35.5. The van der Waals surface area contributed by atoms with Gasteiger partial charge < -0.3 is 15.0 Å². The molecule has 3 nitrogen and oxygen atoms in total. The van der Waals surface area contributed by atoms with Crippen molar-refractivity contribution >= 4 is 11.6 Å². The van der Waals surface area contributed by atoms with Crippen LogP contribution >= 0.6 is 11.6 Å². The summed E-state index contributed by atoms with van der Waals surface area (Å²) in [5, 5.41) is 4.18. The van der Waals surface area contributed by atoms with E-state index in [0.717, 1.165) is 24.8 Å². The second-order valence-electron chi connectivity index (χ2n) is 5.02. The SMILES string of the molecule is COc1ccc(CNCC2CCN(C)C2)cc1Cl. The van der Waals surface area contributed by atoms with Crippen LogP contribution in [0, 0.1) is 5.92 Å². The zero-order valence-corrected chi connectivity index (χ0v) is 11.8. The topological polar surface area (TPSA) is 24.5 Å². The molecule has 2 rings (SSSR count). The molecule has 1 heterocycles. The molecule has 0 aromatic heterocycles. The maximum absolute atomic E-state index is 6.10. The highest BCUT2D eigenvalue weighted by Gasteiger charge is 2.18. The summed E-state index contributed by atoms with van der Waals surface area (Å²) in [4.78, 5) is 2.39. The molecule has 0 bridgehead atoms. The van der Waals surface area contributed by atoms with Crippen LogP contribution in [0.25, 0.3) is 0 Å². The van der Waals surface area contributed by atoms with Crippen LogP contribution in [-0.4, -0.2) is 38.7 Å². The average Bonchev–Trinajstić information content (AvgIpc) is 2.75. The van der Waals surface area contributed by atoms with Gasteiger partial charge in [0.2, 0.25) is 0 Å². The van der Waals surface area contributed by atoms with E-state index in [1.807, 2.05) is 12.1 Å². The van der Waals surface area contributed by atoms with Gasteiger partial charge in [-0.2, -0.15) is 0 Å². The Morgan fingerprint density at radius 2 is 2.33 bits per heavy atom. The second kappa shape index (κ2) is 6.41. The van der Waals surface area contributed by atoms with Crippen molar-refractivity contribution in [1.29, 1.82) is 0 Å². The van der Waals surface area contributed by atoms with Crippen molar-refractivity contribution in [2.24, 2.45) is 5.92 Å². The Hall–Kier alpha value is -0.770. The molecule has 1 aromatic carbocycles. The van der Waals surface area contributed by atoms with E-state index in [9.17, 15) is 0 Å². The Balaban J connectivity index is 1.78. The summed E-state index contributed by atoms with van der Waals surface area (Å²) in [7, 11) is 3.82. The number of rotatable bonds is 5. The van der Waals surface area contributed by atoms with Crippen molar-refractivity contribution in [3.63, 3.8) is 0 Å². The van der Waals surface area contributed by atoms with Crippen LogP contribution in [0.4, 0.5) is 0 Å². The molecule has 1 saturated heterocycles. The van der Waals surface area contributed by atoms with Gasteiger partial charge in [0.1, 0.15) is 5.75 Å². The summed E-state index contributed by atoms with van der Waals surface area (Å²) in [6.45, 7) is 4.37. The van der Waals surface area contributed by atoms with Gasteiger partial charge in [0.25, 0.3) is 0 Å². The third kappa shape index (κ3) is 3.61. The van der Waals surface area contributed by atoms with Crippen LogP contribution in [0.1, 0.15) is 12.0 Å². The molecule has 1 aliphatic heterocycles. The lowest BCUT2D eigenvalue weighted by Crippen LogP contribution is -2.24. The summed E-state index contributed by atoms with van der Waals surface area (Å²) in [5.74, 6) is 1.52. The minimum Gasteiger partial charge on any atom is -0.495 e. The molecule has 1 aliphatic rings. The molecule has 1 aromatic rings. The van der Waals surface area contributed by atoms with Crippen molar-refractivity contribution < 1.29 is 4.74 Å². The number of ether oxygens (including phenoxy) is 1. The maximum atomic E-state index is 6.10. The van der Waals surface area contributed by atoms with Crippen LogP contribution < -0.4 is 10.1 Å². The van der Waals surface area contributed by atoms with Crippen molar-refractivity contribution in [3.05, 3.63) is 28.8 Å². The van der Waals surface area contributed by atoms with Gasteiger partial charge in [0.15, 0.2) is 0 Å². The number of halogens is 1. The molecule has 0 saturated carbocycles. The number of hydrogen-bond acceptors (Lipinski definition) is 3. The molecule has 18 heavy (non-hydrogen) atoms. The highest BCUT2D eigenvalue weighted by molar-refractivity contribution is 6.32. The molecule has 0 amide bonds. The zero-order valence-electron chi connectivity index (χ0n) is 11.1. The van der Waals surface area contributed by atoms with Gasteiger partial charge in [0, 0.05) is 13.1 Å². The Morgan fingerprint density at radius 1 is 1.50 bits per heavy atom. The quantitative estimate of drug-likeness (QED) is 0.888. The minimum absolute atomic E-state index is 0.678. The maximum Gasteiger partial charge on any atom is 0.137 e. The van der Waals surface area contributed by atoms with Crippen LogP contribution in [0.5, 0.6) is 5.75 Å². The van der Waals surface area contributed by atoms with E-state index in [2.05, 4.69) is 23.3 Å². The fourth-order valence-electron chi connectivity index (χ4n) is 2.43. The van der Waals surface area contributed by atoms with Crippen molar-refractivity contribution in [3.8, 4) is 5.75 Å².